The van der Waals surface area contributed by atoms with E-state index in [2.05, 4.69) is 53.4 Å². The zero-order valence-electron chi connectivity index (χ0n) is 11.4. The summed E-state index contributed by atoms with van der Waals surface area (Å²) < 4.78 is 0. The lowest BCUT2D eigenvalue weighted by Gasteiger charge is -2.21. The van der Waals surface area contributed by atoms with E-state index in [1.54, 1.807) is 0 Å². The maximum absolute atomic E-state index is 4.58. The number of aromatic nitrogens is 1. The Morgan fingerprint density at radius 1 is 1.28 bits per heavy atom. The molecule has 0 saturated heterocycles. The van der Waals surface area contributed by atoms with Crippen molar-refractivity contribution in [1.29, 1.82) is 0 Å². The summed E-state index contributed by atoms with van der Waals surface area (Å²) in [6.07, 6.45) is 1.14. The second kappa shape index (κ2) is 5.83. The molecule has 0 fully saturated rings. The largest absolute Gasteiger partial charge is 0.374 e. The number of nitrogens with zero attached hydrogens (tertiary/aromatic N) is 2. The first-order valence-electron chi connectivity index (χ1n) is 6.44. The highest BCUT2D eigenvalue weighted by molar-refractivity contribution is 5.91. The molecule has 2 aromatic rings. The summed E-state index contributed by atoms with van der Waals surface area (Å²) in [7, 11) is 4.14. The molecule has 0 atom stereocenters. The van der Waals surface area contributed by atoms with Crippen LogP contribution in [0, 0.1) is 6.92 Å². The molecule has 2 rings (SSSR count). The summed E-state index contributed by atoms with van der Waals surface area (Å²) in [5.41, 5.74) is 3.42. The molecule has 0 aliphatic rings. The summed E-state index contributed by atoms with van der Waals surface area (Å²) in [6, 6.07) is 10.5. The molecule has 18 heavy (non-hydrogen) atoms. The third-order valence-corrected chi connectivity index (χ3v) is 3.15. The predicted molar refractivity (Wildman–Crippen MR) is 78.3 cm³/mol. The van der Waals surface area contributed by atoms with E-state index in [1.165, 1.54) is 11.1 Å². The van der Waals surface area contributed by atoms with Crippen LogP contribution in [0.3, 0.4) is 0 Å². The van der Waals surface area contributed by atoms with Gasteiger partial charge in [-0.2, -0.15) is 0 Å². The van der Waals surface area contributed by atoms with Crippen LogP contribution < -0.4 is 10.2 Å². The Morgan fingerprint density at radius 3 is 2.83 bits per heavy atom. The number of rotatable bonds is 5. The van der Waals surface area contributed by atoms with Crippen LogP contribution >= 0.6 is 0 Å². The molecule has 1 aromatic carbocycles. The Hall–Kier alpha value is -1.61. The smallest absolute Gasteiger partial charge is 0.0726 e. The van der Waals surface area contributed by atoms with Gasteiger partial charge in [0, 0.05) is 30.4 Å². The SMILES string of the molecule is CNCCCN(C)c1cc(C)nc2ccccc12. The molecule has 96 valence electrons. The van der Waals surface area contributed by atoms with Gasteiger partial charge in [-0.1, -0.05) is 18.2 Å². The summed E-state index contributed by atoms with van der Waals surface area (Å²) in [5, 5.41) is 4.42. The van der Waals surface area contributed by atoms with Crippen molar-refractivity contribution in [1.82, 2.24) is 10.3 Å². The van der Waals surface area contributed by atoms with E-state index in [0.717, 1.165) is 30.7 Å². The highest BCUT2D eigenvalue weighted by Crippen LogP contribution is 2.25. The minimum absolute atomic E-state index is 1.05. The first-order chi connectivity index (χ1) is 8.72. The molecule has 0 unspecified atom stereocenters. The fourth-order valence-electron chi connectivity index (χ4n) is 2.21. The second-order valence-corrected chi connectivity index (χ2v) is 4.68. The summed E-state index contributed by atoms with van der Waals surface area (Å²) in [5.74, 6) is 0. The number of pyridine rings is 1. The molecule has 0 saturated carbocycles. The fraction of sp³-hybridized carbons (Fsp3) is 0.400. The molecule has 0 bridgehead atoms. The molecule has 3 nitrogen and oxygen atoms in total. The molecule has 0 amide bonds. The van der Waals surface area contributed by atoms with E-state index < -0.39 is 0 Å². The standard InChI is InChI=1S/C15H21N3/c1-12-11-15(18(3)10-6-9-16-2)13-7-4-5-8-14(13)17-12/h4-5,7-8,11,16H,6,9-10H2,1-3H3. The normalized spacial score (nSPS) is 10.8. The van der Waals surface area contributed by atoms with Gasteiger partial charge in [-0.3, -0.25) is 4.98 Å². The van der Waals surface area contributed by atoms with Crippen molar-refractivity contribution in [3.8, 4) is 0 Å². The lowest BCUT2D eigenvalue weighted by Crippen LogP contribution is -2.22. The van der Waals surface area contributed by atoms with Crippen LogP contribution in [0.2, 0.25) is 0 Å². The van der Waals surface area contributed by atoms with Crippen LogP contribution in [0.5, 0.6) is 0 Å². The van der Waals surface area contributed by atoms with Crippen LogP contribution in [0.4, 0.5) is 5.69 Å². The molecule has 1 N–H and O–H groups in total. The van der Waals surface area contributed by atoms with Gasteiger partial charge in [0.15, 0.2) is 0 Å². The average molecular weight is 243 g/mol. The number of fused-ring (bicyclic) bond motifs is 1. The first-order valence-corrected chi connectivity index (χ1v) is 6.44. The molecular formula is C15H21N3. The van der Waals surface area contributed by atoms with Crippen molar-refractivity contribution in [2.45, 2.75) is 13.3 Å². The third-order valence-electron chi connectivity index (χ3n) is 3.15. The minimum Gasteiger partial charge on any atom is -0.374 e. The molecule has 0 aliphatic carbocycles. The lowest BCUT2D eigenvalue weighted by atomic mass is 10.1. The van der Waals surface area contributed by atoms with E-state index in [0.29, 0.717) is 0 Å². The van der Waals surface area contributed by atoms with Crippen molar-refractivity contribution in [2.75, 3.05) is 32.1 Å². The van der Waals surface area contributed by atoms with E-state index in [9.17, 15) is 0 Å². The van der Waals surface area contributed by atoms with Crippen LogP contribution in [-0.2, 0) is 0 Å². The maximum Gasteiger partial charge on any atom is 0.0726 e. The fourth-order valence-corrected chi connectivity index (χ4v) is 2.21. The number of benzene rings is 1. The van der Waals surface area contributed by atoms with Gasteiger partial charge in [-0.25, -0.2) is 0 Å². The Morgan fingerprint density at radius 2 is 2.06 bits per heavy atom. The highest BCUT2D eigenvalue weighted by Gasteiger charge is 2.07. The van der Waals surface area contributed by atoms with Crippen molar-refractivity contribution < 1.29 is 0 Å². The van der Waals surface area contributed by atoms with Crippen LogP contribution in [-0.4, -0.2) is 32.2 Å². The Kier molecular flexibility index (Phi) is 4.15. The highest BCUT2D eigenvalue weighted by atomic mass is 15.1. The van der Waals surface area contributed by atoms with Crippen molar-refractivity contribution in [3.05, 3.63) is 36.0 Å². The zero-order chi connectivity index (χ0) is 13.0. The van der Waals surface area contributed by atoms with Crippen LogP contribution in [0.25, 0.3) is 10.9 Å². The van der Waals surface area contributed by atoms with Gasteiger partial charge in [-0.15, -0.1) is 0 Å². The van der Waals surface area contributed by atoms with Crippen LogP contribution in [0.1, 0.15) is 12.1 Å². The van der Waals surface area contributed by atoms with E-state index in [1.807, 2.05) is 13.1 Å². The molecule has 0 aliphatic heterocycles. The molecule has 1 aromatic heterocycles. The molecule has 0 radical (unpaired) electrons. The first kappa shape index (κ1) is 12.8. The second-order valence-electron chi connectivity index (χ2n) is 4.68. The summed E-state index contributed by atoms with van der Waals surface area (Å²) in [4.78, 5) is 6.89. The van der Waals surface area contributed by atoms with Gasteiger partial charge >= 0.3 is 0 Å². The Labute approximate surface area is 109 Å². The number of aryl methyl sites for hydroxylation is 1. The third kappa shape index (κ3) is 2.79. The molecule has 3 heteroatoms. The van der Waals surface area contributed by atoms with E-state index in [-0.39, 0.29) is 0 Å². The van der Waals surface area contributed by atoms with Crippen molar-refractivity contribution in [2.24, 2.45) is 0 Å². The van der Waals surface area contributed by atoms with E-state index in [4.69, 9.17) is 0 Å². The topological polar surface area (TPSA) is 28.2 Å². The van der Waals surface area contributed by atoms with Crippen molar-refractivity contribution >= 4 is 16.6 Å². The quantitative estimate of drug-likeness (QED) is 0.818. The Bertz CT molecular complexity index is 522. The zero-order valence-corrected chi connectivity index (χ0v) is 11.4. The number of para-hydroxylation sites is 1. The van der Waals surface area contributed by atoms with Crippen LogP contribution in [0.15, 0.2) is 30.3 Å². The van der Waals surface area contributed by atoms with Gasteiger partial charge in [0.05, 0.1) is 5.52 Å². The maximum atomic E-state index is 4.58. The lowest BCUT2D eigenvalue weighted by molar-refractivity contribution is 0.713. The molecule has 0 spiro atoms. The van der Waals surface area contributed by atoms with Gasteiger partial charge in [0.2, 0.25) is 0 Å². The molecular weight excluding hydrogens is 222 g/mol. The summed E-state index contributed by atoms with van der Waals surface area (Å²) in [6.45, 7) is 4.15. The monoisotopic (exact) mass is 243 g/mol. The summed E-state index contributed by atoms with van der Waals surface area (Å²) >= 11 is 0. The Balaban J connectivity index is 2.31. The predicted octanol–water partition coefficient (Wildman–Crippen LogP) is 2.59. The number of nitrogens with one attached hydrogen (secondary N) is 1. The van der Waals surface area contributed by atoms with E-state index >= 15 is 0 Å². The average Bonchev–Trinajstić information content (AvgIpc) is 2.38. The van der Waals surface area contributed by atoms with Gasteiger partial charge in [0.1, 0.15) is 0 Å². The minimum atomic E-state index is 1.05. The number of hydrogen-bond acceptors (Lipinski definition) is 3. The number of anilines is 1. The van der Waals surface area contributed by atoms with Gasteiger partial charge in [0.25, 0.3) is 0 Å². The molecule has 1 heterocycles. The van der Waals surface area contributed by atoms with Crippen molar-refractivity contribution in [3.63, 3.8) is 0 Å². The van der Waals surface area contributed by atoms with Gasteiger partial charge in [-0.05, 0) is 39.1 Å². The number of hydrogen-bond donors (Lipinski definition) is 1. The van der Waals surface area contributed by atoms with Gasteiger partial charge < -0.3 is 10.2 Å².